The van der Waals surface area contributed by atoms with Crippen molar-refractivity contribution in [1.29, 1.82) is 0 Å². The van der Waals surface area contributed by atoms with Gasteiger partial charge in [0.1, 0.15) is 11.8 Å². The smallest absolute Gasteiger partial charge is 0.410 e. The highest BCUT2D eigenvalue weighted by Crippen LogP contribution is 2.41. The molecule has 36 heavy (non-hydrogen) atoms. The molecule has 2 saturated heterocycles. The number of benzene rings is 2. The molecule has 0 radical (unpaired) electrons. The van der Waals surface area contributed by atoms with Gasteiger partial charge >= 0.3 is 6.09 Å². The largest absolute Gasteiger partial charge is 0.444 e. The molecular weight excluding hydrogens is 518 g/mol. The first-order chi connectivity index (χ1) is 17.1. The monoisotopic (exact) mass is 557 g/mol. The Labute approximate surface area is 224 Å². The molecule has 4 rings (SSSR count). The molecule has 6 nitrogen and oxygen atoms in total. The summed E-state index contributed by atoms with van der Waals surface area (Å²) in [5, 5.41) is 10.8. The molecule has 2 atom stereocenters. The Bertz CT molecular complexity index is 1020. The summed E-state index contributed by atoms with van der Waals surface area (Å²) in [6.45, 7) is 8.48. The summed E-state index contributed by atoms with van der Waals surface area (Å²) in [4.78, 5) is 18.4. The number of carbonyl (C=O) groups excluding carboxylic acids is 1. The van der Waals surface area contributed by atoms with E-state index in [1.165, 1.54) is 34.6 Å². The number of amides is 1. The van der Waals surface area contributed by atoms with E-state index in [1.807, 2.05) is 20.8 Å². The lowest BCUT2D eigenvalue weighted by Gasteiger charge is -2.38. The predicted octanol–water partition coefficient (Wildman–Crippen LogP) is 6.16. The van der Waals surface area contributed by atoms with E-state index in [0.29, 0.717) is 12.0 Å². The van der Waals surface area contributed by atoms with Crippen molar-refractivity contribution in [2.45, 2.75) is 70.2 Å². The molecule has 0 aliphatic carbocycles. The van der Waals surface area contributed by atoms with Crippen LogP contribution in [0.5, 0.6) is 0 Å². The van der Waals surface area contributed by atoms with Crippen LogP contribution in [0.2, 0.25) is 0 Å². The number of nitrogens with zero attached hydrogens (tertiary/aromatic N) is 3. The first-order valence-corrected chi connectivity index (χ1v) is 13.9. The Morgan fingerprint density at radius 3 is 2.33 bits per heavy atom. The number of rotatable bonds is 6. The average Bonchev–Trinajstić information content (AvgIpc) is 3.33. The second-order valence-corrected chi connectivity index (χ2v) is 12.0. The van der Waals surface area contributed by atoms with E-state index in [1.54, 1.807) is 7.05 Å². The molecule has 0 unspecified atom stereocenters. The van der Waals surface area contributed by atoms with Crippen molar-refractivity contribution in [3.05, 3.63) is 64.1 Å². The third-order valence-electron chi connectivity index (χ3n) is 7.30. The van der Waals surface area contributed by atoms with Crippen LogP contribution in [0.15, 0.2) is 53.0 Å². The summed E-state index contributed by atoms with van der Waals surface area (Å²) in [7, 11) is 1.68. The van der Waals surface area contributed by atoms with Gasteiger partial charge in [0.2, 0.25) is 0 Å². The number of likely N-dealkylation sites (N-methyl/N-ethyl adjacent to an activating group) is 1. The van der Waals surface area contributed by atoms with Crippen LogP contribution < -0.4 is 4.90 Å². The molecular formula is C29H40BrN3O3. The Morgan fingerprint density at radius 2 is 1.69 bits per heavy atom. The van der Waals surface area contributed by atoms with Crippen LogP contribution in [0.3, 0.4) is 0 Å². The van der Waals surface area contributed by atoms with Gasteiger partial charge in [-0.1, -0.05) is 40.2 Å². The number of aliphatic hydroxyl groups excluding tert-OH is 1. The fourth-order valence-electron chi connectivity index (χ4n) is 5.50. The highest BCUT2D eigenvalue weighted by molar-refractivity contribution is 9.10. The quantitative estimate of drug-likeness (QED) is 0.461. The van der Waals surface area contributed by atoms with Crippen LogP contribution in [0, 0.1) is 0 Å². The summed E-state index contributed by atoms with van der Waals surface area (Å²) < 4.78 is 6.53. The first kappa shape index (κ1) is 27.0. The Kier molecular flexibility index (Phi) is 8.63. The molecule has 0 saturated carbocycles. The van der Waals surface area contributed by atoms with Crippen LogP contribution in [-0.2, 0) is 4.74 Å². The maximum Gasteiger partial charge on any atom is 0.410 e. The maximum absolute atomic E-state index is 12.3. The third kappa shape index (κ3) is 6.61. The Morgan fingerprint density at radius 1 is 1.06 bits per heavy atom. The summed E-state index contributed by atoms with van der Waals surface area (Å²) in [5.41, 5.74) is 3.63. The molecule has 0 aromatic heterocycles. The summed E-state index contributed by atoms with van der Waals surface area (Å²) in [6, 6.07) is 18.0. The molecule has 2 aliphatic heterocycles. The van der Waals surface area contributed by atoms with Crippen molar-refractivity contribution in [3.8, 4) is 0 Å². The van der Waals surface area contributed by atoms with Crippen molar-refractivity contribution in [3.63, 3.8) is 0 Å². The summed E-state index contributed by atoms with van der Waals surface area (Å²) in [5.74, 6) is 0.473. The van der Waals surface area contributed by atoms with Gasteiger partial charge < -0.3 is 19.6 Å². The molecule has 1 N–H and O–H groups in total. The van der Waals surface area contributed by atoms with Gasteiger partial charge in [-0.05, 0) is 87.8 Å². The number of carbonyl (C=O) groups is 1. The number of piperidine rings is 1. The van der Waals surface area contributed by atoms with Crippen molar-refractivity contribution in [1.82, 2.24) is 9.80 Å². The lowest BCUT2D eigenvalue weighted by molar-refractivity contribution is -0.0360. The number of halogens is 1. The Balaban J connectivity index is 1.39. The van der Waals surface area contributed by atoms with Crippen LogP contribution in [0.4, 0.5) is 10.5 Å². The van der Waals surface area contributed by atoms with E-state index in [9.17, 15) is 9.90 Å². The molecule has 2 aromatic carbocycles. The standard InChI is InChI=1S/C29H40BrN3O3/c1-29(2,3)36-28(35)31(4)20-27(34)32-18-15-21(16-19-32)24-8-5-6-9-25(24)26-10-7-17-33(26)23-13-11-22(30)12-14-23/h5-6,8-9,11-14,21,26-27,34H,7,10,15-20H2,1-4H3/t26-,27-/m1/s1. The average molecular weight is 559 g/mol. The number of likely N-dealkylation sites (tertiary alicyclic amines) is 1. The molecule has 7 heteroatoms. The molecule has 1 amide bonds. The van der Waals surface area contributed by atoms with Crippen LogP contribution in [0.1, 0.15) is 69.5 Å². The van der Waals surface area contributed by atoms with Gasteiger partial charge in [0.15, 0.2) is 0 Å². The van der Waals surface area contributed by atoms with Crippen molar-refractivity contribution >= 4 is 27.7 Å². The third-order valence-corrected chi connectivity index (χ3v) is 7.83. The minimum absolute atomic E-state index is 0.236. The van der Waals surface area contributed by atoms with E-state index >= 15 is 0 Å². The maximum atomic E-state index is 12.3. The first-order valence-electron chi connectivity index (χ1n) is 13.1. The van der Waals surface area contributed by atoms with Crippen LogP contribution in [0.25, 0.3) is 0 Å². The minimum atomic E-state index is -0.693. The SMILES string of the molecule is CN(C[C@@H](O)N1CCC(c2ccccc2[C@H]2CCCN2c2ccc(Br)cc2)CC1)C(=O)OC(C)(C)C. The lowest BCUT2D eigenvalue weighted by Crippen LogP contribution is -2.48. The highest BCUT2D eigenvalue weighted by Gasteiger charge is 2.32. The van der Waals surface area contributed by atoms with E-state index in [0.717, 1.165) is 36.9 Å². The zero-order valence-electron chi connectivity index (χ0n) is 22.0. The number of anilines is 1. The Hall–Kier alpha value is -2.09. The topological polar surface area (TPSA) is 56.2 Å². The summed E-state index contributed by atoms with van der Waals surface area (Å²) >= 11 is 3.56. The second kappa shape index (κ2) is 11.5. The molecule has 196 valence electrons. The number of ether oxygens (including phenoxy) is 1. The molecule has 2 aliphatic rings. The zero-order chi connectivity index (χ0) is 25.9. The van der Waals surface area contributed by atoms with E-state index in [-0.39, 0.29) is 6.54 Å². The van der Waals surface area contributed by atoms with Gasteiger partial charge in [0.05, 0.1) is 12.6 Å². The zero-order valence-corrected chi connectivity index (χ0v) is 23.6. The predicted molar refractivity (Wildman–Crippen MR) is 148 cm³/mol. The van der Waals surface area contributed by atoms with Crippen LogP contribution in [-0.4, -0.2) is 66.1 Å². The van der Waals surface area contributed by atoms with Crippen molar-refractivity contribution < 1.29 is 14.6 Å². The highest BCUT2D eigenvalue weighted by atomic mass is 79.9. The van der Waals surface area contributed by atoms with Crippen molar-refractivity contribution in [2.75, 3.05) is 38.1 Å². The molecule has 2 heterocycles. The van der Waals surface area contributed by atoms with Gasteiger partial charge in [0, 0.05) is 36.8 Å². The normalized spacial score (nSPS) is 20.4. The minimum Gasteiger partial charge on any atom is -0.444 e. The van der Waals surface area contributed by atoms with Gasteiger partial charge in [0.25, 0.3) is 0 Å². The molecule has 0 spiro atoms. The number of aliphatic hydroxyl groups is 1. The molecule has 2 aromatic rings. The second-order valence-electron chi connectivity index (χ2n) is 11.1. The van der Waals surface area contributed by atoms with Crippen molar-refractivity contribution in [2.24, 2.45) is 0 Å². The van der Waals surface area contributed by atoms with E-state index in [2.05, 4.69) is 74.3 Å². The fraction of sp³-hybridized carbons (Fsp3) is 0.552. The van der Waals surface area contributed by atoms with Gasteiger partial charge in [-0.3, -0.25) is 4.90 Å². The van der Waals surface area contributed by atoms with Gasteiger partial charge in [-0.25, -0.2) is 4.79 Å². The van der Waals surface area contributed by atoms with Gasteiger partial charge in [-0.15, -0.1) is 0 Å². The van der Waals surface area contributed by atoms with E-state index < -0.39 is 17.9 Å². The molecule has 0 bridgehead atoms. The van der Waals surface area contributed by atoms with Crippen LogP contribution >= 0.6 is 15.9 Å². The summed E-state index contributed by atoms with van der Waals surface area (Å²) in [6.07, 6.45) is 3.26. The number of hydrogen-bond acceptors (Lipinski definition) is 5. The van der Waals surface area contributed by atoms with E-state index in [4.69, 9.17) is 4.74 Å². The number of hydrogen-bond donors (Lipinski definition) is 1. The fourth-order valence-corrected chi connectivity index (χ4v) is 5.77. The molecule has 2 fully saturated rings. The lowest BCUT2D eigenvalue weighted by atomic mass is 9.84. The van der Waals surface area contributed by atoms with Gasteiger partial charge in [-0.2, -0.15) is 0 Å².